The highest BCUT2D eigenvalue weighted by Gasteiger charge is 2.30. The minimum atomic E-state index is -0.598. The van der Waals surface area contributed by atoms with Gasteiger partial charge in [0.05, 0.1) is 6.42 Å². The minimum absolute atomic E-state index is 0.0484. The van der Waals surface area contributed by atoms with E-state index >= 15 is 0 Å². The maximum Gasteiger partial charge on any atom is 0.243 e. The van der Waals surface area contributed by atoms with E-state index < -0.39 is 6.04 Å². The molecular formula is C30H36N2O2. The molecule has 34 heavy (non-hydrogen) atoms. The number of carbonyl (C=O) groups is 2. The van der Waals surface area contributed by atoms with Crippen LogP contribution >= 0.6 is 0 Å². The van der Waals surface area contributed by atoms with Crippen molar-refractivity contribution in [3.05, 3.63) is 107 Å². The summed E-state index contributed by atoms with van der Waals surface area (Å²) in [6.07, 6.45) is 0.727. The van der Waals surface area contributed by atoms with E-state index in [1.165, 1.54) is 0 Å². The number of benzene rings is 3. The largest absolute Gasteiger partial charge is 0.354 e. The Hall–Kier alpha value is -3.40. The Kier molecular flexibility index (Phi) is 9.03. The lowest BCUT2D eigenvalue weighted by molar-refractivity contribution is -0.140. The molecule has 4 heteroatoms. The summed E-state index contributed by atoms with van der Waals surface area (Å²) in [4.78, 5) is 29.0. The van der Waals surface area contributed by atoms with Gasteiger partial charge in [-0.05, 0) is 42.0 Å². The molecule has 3 aromatic rings. The van der Waals surface area contributed by atoms with Gasteiger partial charge in [-0.15, -0.1) is 0 Å². The molecule has 0 radical (unpaired) electrons. The molecule has 0 aliphatic rings. The summed E-state index contributed by atoms with van der Waals surface area (Å²) in [5, 5.41) is 3.08. The van der Waals surface area contributed by atoms with Gasteiger partial charge in [0.15, 0.2) is 0 Å². The normalized spacial score (nSPS) is 11.8. The summed E-state index contributed by atoms with van der Waals surface area (Å²) in [6.45, 7) is 9.19. The fraction of sp³-hybridized carbons (Fsp3) is 0.333. The number of nitrogens with one attached hydrogen (secondary N) is 1. The van der Waals surface area contributed by atoms with Crippen LogP contribution in [-0.2, 0) is 29.0 Å². The summed E-state index contributed by atoms with van der Waals surface area (Å²) >= 11 is 0. The monoisotopic (exact) mass is 456 g/mol. The van der Waals surface area contributed by atoms with Crippen LogP contribution in [0.1, 0.15) is 41.7 Å². The average Bonchev–Trinajstić information content (AvgIpc) is 2.83. The lowest BCUT2D eigenvalue weighted by atomic mass is 10.00. The summed E-state index contributed by atoms with van der Waals surface area (Å²) in [5.74, 6) is 0.172. The predicted octanol–water partition coefficient (Wildman–Crippen LogP) is 5.26. The Morgan fingerprint density at radius 1 is 0.824 bits per heavy atom. The van der Waals surface area contributed by atoms with Crippen LogP contribution in [-0.4, -0.2) is 29.3 Å². The van der Waals surface area contributed by atoms with Gasteiger partial charge >= 0.3 is 0 Å². The number of nitrogens with zero attached hydrogens (tertiary/aromatic N) is 1. The molecule has 0 spiro atoms. The second kappa shape index (κ2) is 12.2. The van der Waals surface area contributed by atoms with Crippen LogP contribution in [0.3, 0.4) is 0 Å². The Bertz CT molecular complexity index is 1070. The highest BCUT2D eigenvalue weighted by molar-refractivity contribution is 5.88. The van der Waals surface area contributed by atoms with Crippen molar-refractivity contribution in [2.45, 2.75) is 53.1 Å². The van der Waals surface area contributed by atoms with Gasteiger partial charge < -0.3 is 10.2 Å². The Morgan fingerprint density at radius 2 is 1.47 bits per heavy atom. The topological polar surface area (TPSA) is 49.4 Å². The number of hydrogen-bond donors (Lipinski definition) is 1. The van der Waals surface area contributed by atoms with Gasteiger partial charge in [-0.3, -0.25) is 9.59 Å². The molecule has 3 rings (SSSR count). The highest BCUT2D eigenvalue weighted by Crippen LogP contribution is 2.19. The SMILES string of the molecule is Cc1ccc(CC(=O)N(Cc2ccccc2C)[C@H](Cc2ccccc2)C(=O)NCC(C)C)cc1. The molecule has 0 aliphatic carbocycles. The number of aryl methyl sites for hydroxylation is 2. The fourth-order valence-electron chi connectivity index (χ4n) is 3.93. The van der Waals surface area contributed by atoms with Crippen molar-refractivity contribution in [2.75, 3.05) is 6.54 Å². The van der Waals surface area contributed by atoms with E-state index in [-0.39, 0.29) is 18.2 Å². The van der Waals surface area contributed by atoms with Crippen molar-refractivity contribution < 1.29 is 9.59 Å². The zero-order valence-corrected chi connectivity index (χ0v) is 20.8. The highest BCUT2D eigenvalue weighted by atomic mass is 16.2. The molecule has 0 saturated carbocycles. The zero-order chi connectivity index (χ0) is 24.5. The van der Waals surface area contributed by atoms with Crippen LogP contribution in [0.5, 0.6) is 0 Å². The van der Waals surface area contributed by atoms with E-state index in [4.69, 9.17) is 0 Å². The van der Waals surface area contributed by atoms with Gasteiger partial charge in [0.2, 0.25) is 11.8 Å². The van der Waals surface area contributed by atoms with Crippen LogP contribution < -0.4 is 5.32 Å². The van der Waals surface area contributed by atoms with Gasteiger partial charge in [0.1, 0.15) is 6.04 Å². The van der Waals surface area contributed by atoms with Gasteiger partial charge in [0, 0.05) is 19.5 Å². The second-order valence-electron chi connectivity index (χ2n) is 9.46. The quantitative estimate of drug-likeness (QED) is 0.452. The van der Waals surface area contributed by atoms with E-state index in [1.54, 1.807) is 4.90 Å². The summed E-state index contributed by atoms with van der Waals surface area (Å²) < 4.78 is 0. The maximum absolute atomic E-state index is 13.7. The lowest BCUT2D eigenvalue weighted by Gasteiger charge is -2.32. The van der Waals surface area contributed by atoms with Gasteiger partial charge in [-0.25, -0.2) is 0 Å². The first-order chi connectivity index (χ1) is 16.3. The fourth-order valence-corrected chi connectivity index (χ4v) is 3.93. The first-order valence-corrected chi connectivity index (χ1v) is 12.0. The molecule has 0 unspecified atom stereocenters. The average molecular weight is 457 g/mol. The van der Waals surface area contributed by atoms with E-state index in [0.29, 0.717) is 25.4 Å². The molecule has 0 aliphatic heterocycles. The molecule has 1 atom stereocenters. The van der Waals surface area contributed by atoms with Crippen LogP contribution in [0.25, 0.3) is 0 Å². The first-order valence-electron chi connectivity index (χ1n) is 12.0. The minimum Gasteiger partial charge on any atom is -0.354 e. The zero-order valence-electron chi connectivity index (χ0n) is 20.8. The number of carbonyl (C=O) groups excluding carboxylic acids is 2. The van der Waals surface area contributed by atoms with Crippen LogP contribution in [0, 0.1) is 19.8 Å². The number of rotatable bonds is 10. The van der Waals surface area contributed by atoms with Crippen molar-refractivity contribution in [3.63, 3.8) is 0 Å². The molecule has 2 amide bonds. The van der Waals surface area contributed by atoms with E-state index in [0.717, 1.165) is 27.8 Å². The van der Waals surface area contributed by atoms with Crippen molar-refractivity contribution in [3.8, 4) is 0 Å². The van der Waals surface area contributed by atoms with E-state index in [2.05, 4.69) is 19.2 Å². The Morgan fingerprint density at radius 3 is 2.12 bits per heavy atom. The third kappa shape index (κ3) is 7.31. The van der Waals surface area contributed by atoms with Crippen molar-refractivity contribution in [1.82, 2.24) is 10.2 Å². The van der Waals surface area contributed by atoms with Crippen molar-refractivity contribution >= 4 is 11.8 Å². The Balaban J connectivity index is 1.96. The maximum atomic E-state index is 13.7. The molecule has 0 fully saturated rings. The van der Waals surface area contributed by atoms with Gasteiger partial charge in [0.25, 0.3) is 0 Å². The van der Waals surface area contributed by atoms with Crippen LogP contribution in [0.2, 0.25) is 0 Å². The molecule has 1 N–H and O–H groups in total. The van der Waals surface area contributed by atoms with Crippen LogP contribution in [0.15, 0.2) is 78.9 Å². The summed E-state index contributed by atoms with van der Waals surface area (Å²) in [7, 11) is 0. The molecule has 0 saturated heterocycles. The first kappa shape index (κ1) is 25.2. The molecule has 0 aromatic heterocycles. The third-order valence-electron chi connectivity index (χ3n) is 6.03. The molecule has 0 bridgehead atoms. The Labute approximate surface area is 204 Å². The molecular weight excluding hydrogens is 420 g/mol. The predicted molar refractivity (Wildman–Crippen MR) is 138 cm³/mol. The smallest absolute Gasteiger partial charge is 0.243 e. The summed E-state index contributed by atoms with van der Waals surface area (Å²) in [5.41, 5.74) is 5.30. The standard InChI is InChI=1S/C30H36N2O2/c1-22(2)20-31-30(34)28(18-25-11-6-5-7-12-25)32(21-27-13-9-8-10-24(27)4)29(33)19-26-16-14-23(3)15-17-26/h5-17,22,28H,18-21H2,1-4H3,(H,31,34)/t28-/m1/s1. The lowest BCUT2D eigenvalue weighted by Crippen LogP contribution is -2.51. The van der Waals surface area contributed by atoms with Gasteiger partial charge in [-0.1, -0.05) is 98.3 Å². The summed E-state index contributed by atoms with van der Waals surface area (Å²) in [6, 6.07) is 25.4. The number of amides is 2. The van der Waals surface area contributed by atoms with Gasteiger partial charge in [-0.2, -0.15) is 0 Å². The molecule has 0 heterocycles. The molecule has 178 valence electrons. The van der Waals surface area contributed by atoms with Crippen LogP contribution in [0.4, 0.5) is 0 Å². The van der Waals surface area contributed by atoms with Crippen molar-refractivity contribution in [2.24, 2.45) is 5.92 Å². The van der Waals surface area contributed by atoms with E-state index in [9.17, 15) is 9.59 Å². The molecule has 4 nitrogen and oxygen atoms in total. The molecule has 3 aromatic carbocycles. The third-order valence-corrected chi connectivity index (χ3v) is 6.03. The second-order valence-corrected chi connectivity index (χ2v) is 9.46. The van der Waals surface area contributed by atoms with Crippen molar-refractivity contribution in [1.29, 1.82) is 0 Å². The number of hydrogen-bond acceptors (Lipinski definition) is 2. The van der Waals surface area contributed by atoms with E-state index in [1.807, 2.05) is 92.7 Å².